The van der Waals surface area contributed by atoms with Gasteiger partial charge in [0.1, 0.15) is 5.92 Å². The largest absolute Gasteiger partial charge is 0.481 e. The molecule has 1 aromatic heterocycles. The molecule has 23 heavy (non-hydrogen) atoms. The molecule has 0 radical (unpaired) electrons. The maximum atomic E-state index is 12.4. The molecule has 1 aromatic carbocycles. The van der Waals surface area contributed by atoms with Crippen LogP contribution in [0.25, 0.3) is 10.9 Å². The van der Waals surface area contributed by atoms with Gasteiger partial charge < -0.3 is 15.4 Å². The van der Waals surface area contributed by atoms with E-state index in [1.165, 1.54) is 12.4 Å². The normalized spacial score (nSPS) is 16.3. The molecule has 120 valence electrons. The molecule has 7 heteroatoms. The van der Waals surface area contributed by atoms with Crippen molar-refractivity contribution < 1.29 is 14.7 Å². The third kappa shape index (κ3) is 3.08. The van der Waals surface area contributed by atoms with E-state index in [0.29, 0.717) is 16.6 Å². The number of hydrogen-bond donors (Lipinski definition) is 3. The summed E-state index contributed by atoms with van der Waals surface area (Å²) >= 11 is 0. The topological polar surface area (TPSA) is 112 Å². The summed E-state index contributed by atoms with van der Waals surface area (Å²) in [6.07, 6.45) is 4.73. The molecule has 1 aliphatic carbocycles. The minimum Gasteiger partial charge on any atom is -0.481 e. The number of anilines is 1. The number of carboxylic acids is 1. The van der Waals surface area contributed by atoms with E-state index in [1.807, 2.05) is 0 Å². The maximum absolute atomic E-state index is 12.4. The predicted molar refractivity (Wildman–Crippen MR) is 84.1 cm³/mol. The number of benzene rings is 1. The number of aromatic nitrogens is 2. The van der Waals surface area contributed by atoms with Gasteiger partial charge in [-0.1, -0.05) is 12.8 Å². The second kappa shape index (κ2) is 6.20. The SMILES string of the molecule is O=C(O)C(C(=O)Nc1ccc2nc[nH]c(=O)c2c1)C1CCCC1. The average Bonchev–Trinajstić information content (AvgIpc) is 3.01. The van der Waals surface area contributed by atoms with Crippen LogP contribution in [-0.2, 0) is 9.59 Å². The van der Waals surface area contributed by atoms with Crippen molar-refractivity contribution in [2.24, 2.45) is 11.8 Å². The summed E-state index contributed by atoms with van der Waals surface area (Å²) < 4.78 is 0. The van der Waals surface area contributed by atoms with E-state index in [9.17, 15) is 19.5 Å². The van der Waals surface area contributed by atoms with E-state index in [1.54, 1.807) is 12.1 Å². The van der Waals surface area contributed by atoms with Crippen molar-refractivity contribution in [3.63, 3.8) is 0 Å². The van der Waals surface area contributed by atoms with Gasteiger partial charge in [-0.15, -0.1) is 0 Å². The number of H-pyrrole nitrogens is 1. The molecule has 1 atom stereocenters. The number of rotatable bonds is 4. The number of hydrogen-bond acceptors (Lipinski definition) is 4. The third-order valence-corrected chi connectivity index (χ3v) is 4.33. The molecule has 0 spiro atoms. The van der Waals surface area contributed by atoms with Crippen molar-refractivity contribution in [1.29, 1.82) is 0 Å². The number of amides is 1. The van der Waals surface area contributed by atoms with Gasteiger partial charge >= 0.3 is 5.97 Å². The molecule has 7 nitrogen and oxygen atoms in total. The van der Waals surface area contributed by atoms with E-state index in [2.05, 4.69) is 15.3 Å². The van der Waals surface area contributed by atoms with Gasteiger partial charge in [-0.05, 0) is 37.0 Å². The standard InChI is InChI=1S/C16H17N3O4/c20-14-11-7-10(5-6-12(11)17-8-18-14)19-15(21)13(16(22)23)9-3-1-2-4-9/h5-9,13H,1-4H2,(H,19,21)(H,22,23)(H,17,18,20). The second-order valence-corrected chi connectivity index (χ2v) is 5.81. The number of carbonyl (C=O) groups excluding carboxylic acids is 1. The number of carboxylic acid groups (broad SMARTS) is 1. The Morgan fingerprint density at radius 1 is 1.30 bits per heavy atom. The Balaban J connectivity index is 1.85. The van der Waals surface area contributed by atoms with Gasteiger partial charge in [0.2, 0.25) is 5.91 Å². The van der Waals surface area contributed by atoms with Crippen LogP contribution in [0.2, 0.25) is 0 Å². The lowest BCUT2D eigenvalue weighted by molar-refractivity contribution is -0.147. The minimum atomic E-state index is -1.10. The van der Waals surface area contributed by atoms with Gasteiger partial charge in [0.25, 0.3) is 5.56 Å². The van der Waals surface area contributed by atoms with Crippen LogP contribution in [0.3, 0.4) is 0 Å². The molecule has 3 N–H and O–H groups in total. The van der Waals surface area contributed by atoms with Gasteiger partial charge in [-0.2, -0.15) is 0 Å². The van der Waals surface area contributed by atoms with Crippen molar-refractivity contribution in [3.05, 3.63) is 34.9 Å². The summed E-state index contributed by atoms with van der Waals surface area (Å²) in [7, 11) is 0. The van der Waals surface area contributed by atoms with E-state index < -0.39 is 17.8 Å². The molecule has 1 heterocycles. The molecule has 0 saturated heterocycles. The zero-order valence-electron chi connectivity index (χ0n) is 12.4. The smallest absolute Gasteiger partial charge is 0.316 e. The first-order valence-electron chi connectivity index (χ1n) is 7.57. The Hall–Kier alpha value is -2.70. The fourth-order valence-corrected chi connectivity index (χ4v) is 3.19. The summed E-state index contributed by atoms with van der Waals surface area (Å²) in [5.41, 5.74) is 0.597. The van der Waals surface area contributed by atoms with E-state index >= 15 is 0 Å². The molecule has 2 aromatic rings. The maximum Gasteiger partial charge on any atom is 0.316 e. The monoisotopic (exact) mass is 315 g/mol. The Morgan fingerprint density at radius 3 is 2.74 bits per heavy atom. The van der Waals surface area contributed by atoms with E-state index in [-0.39, 0.29) is 11.5 Å². The first kappa shape index (κ1) is 15.2. The Kier molecular flexibility index (Phi) is 4.10. The third-order valence-electron chi connectivity index (χ3n) is 4.33. The predicted octanol–water partition coefficient (Wildman–Crippen LogP) is 1.75. The van der Waals surface area contributed by atoms with Gasteiger partial charge in [0.05, 0.1) is 17.2 Å². The van der Waals surface area contributed by atoms with Crippen molar-refractivity contribution in [3.8, 4) is 0 Å². The molecular weight excluding hydrogens is 298 g/mol. The van der Waals surface area contributed by atoms with Crippen molar-refractivity contribution >= 4 is 28.5 Å². The van der Waals surface area contributed by atoms with Crippen LogP contribution in [0.15, 0.2) is 29.3 Å². The molecule has 1 aliphatic rings. The Morgan fingerprint density at radius 2 is 2.04 bits per heavy atom. The lowest BCUT2D eigenvalue weighted by atomic mass is 9.90. The zero-order chi connectivity index (χ0) is 16.4. The number of fused-ring (bicyclic) bond motifs is 1. The number of aliphatic carboxylic acids is 1. The fraction of sp³-hybridized carbons (Fsp3) is 0.375. The summed E-state index contributed by atoms with van der Waals surface area (Å²) in [5, 5.41) is 12.3. The highest BCUT2D eigenvalue weighted by Gasteiger charge is 2.36. The molecule has 1 unspecified atom stereocenters. The molecule has 1 amide bonds. The van der Waals surface area contributed by atoms with Crippen LogP contribution in [0, 0.1) is 11.8 Å². The van der Waals surface area contributed by atoms with Gasteiger partial charge in [0.15, 0.2) is 0 Å². The Bertz CT molecular complexity index is 808. The fourth-order valence-electron chi connectivity index (χ4n) is 3.19. The van der Waals surface area contributed by atoms with Crippen molar-refractivity contribution in [2.45, 2.75) is 25.7 Å². The number of carbonyl (C=O) groups is 2. The molecule has 0 bridgehead atoms. The van der Waals surface area contributed by atoms with Crippen LogP contribution >= 0.6 is 0 Å². The number of nitrogens with zero attached hydrogens (tertiary/aromatic N) is 1. The first-order chi connectivity index (χ1) is 11.1. The highest BCUT2D eigenvalue weighted by atomic mass is 16.4. The lowest BCUT2D eigenvalue weighted by Crippen LogP contribution is -2.34. The van der Waals surface area contributed by atoms with Crippen LogP contribution in [0.5, 0.6) is 0 Å². The molecule has 1 fully saturated rings. The second-order valence-electron chi connectivity index (χ2n) is 5.81. The van der Waals surface area contributed by atoms with Crippen LogP contribution in [0.1, 0.15) is 25.7 Å². The molecule has 0 aliphatic heterocycles. The van der Waals surface area contributed by atoms with Crippen molar-refractivity contribution in [1.82, 2.24) is 9.97 Å². The highest BCUT2D eigenvalue weighted by molar-refractivity contribution is 6.05. The summed E-state index contributed by atoms with van der Waals surface area (Å²) in [4.78, 5) is 42.1. The van der Waals surface area contributed by atoms with Crippen LogP contribution in [-0.4, -0.2) is 27.0 Å². The lowest BCUT2D eigenvalue weighted by Gasteiger charge is -2.18. The first-order valence-corrected chi connectivity index (χ1v) is 7.57. The highest BCUT2D eigenvalue weighted by Crippen LogP contribution is 2.32. The van der Waals surface area contributed by atoms with Crippen molar-refractivity contribution in [2.75, 3.05) is 5.32 Å². The minimum absolute atomic E-state index is 0.127. The van der Waals surface area contributed by atoms with Crippen LogP contribution < -0.4 is 10.9 Å². The van der Waals surface area contributed by atoms with Gasteiger partial charge in [-0.3, -0.25) is 14.4 Å². The molecular formula is C16H17N3O4. The number of nitrogens with one attached hydrogen (secondary N) is 2. The summed E-state index contributed by atoms with van der Waals surface area (Å²) in [6, 6.07) is 4.73. The Labute approximate surface area is 131 Å². The number of aromatic amines is 1. The summed E-state index contributed by atoms with van der Waals surface area (Å²) in [6.45, 7) is 0. The molecule has 3 rings (SSSR count). The average molecular weight is 315 g/mol. The molecule has 1 saturated carbocycles. The summed E-state index contributed by atoms with van der Waals surface area (Å²) in [5.74, 6) is -2.82. The van der Waals surface area contributed by atoms with E-state index in [0.717, 1.165) is 25.7 Å². The quantitative estimate of drug-likeness (QED) is 0.744. The van der Waals surface area contributed by atoms with Gasteiger partial charge in [-0.25, -0.2) is 4.98 Å². The van der Waals surface area contributed by atoms with Gasteiger partial charge in [0, 0.05) is 5.69 Å². The van der Waals surface area contributed by atoms with E-state index in [4.69, 9.17) is 0 Å². The zero-order valence-corrected chi connectivity index (χ0v) is 12.4. The van der Waals surface area contributed by atoms with Crippen LogP contribution in [0.4, 0.5) is 5.69 Å².